The van der Waals surface area contributed by atoms with Gasteiger partial charge < -0.3 is 23.7 Å². The smallest absolute Gasteiger partial charge is 0.276 e. The van der Waals surface area contributed by atoms with E-state index in [0.29, 0.717) is 47.5 Å². The summed E-state index contributed by atoms with van der Waals surface area (Å²) in [5.74, 6) is 2.56. The fourth-order valence-corrected chi connectivity index (χ4v) is 4.58. The molecule has 0 bridgehead atoms. The minimum Gasteiger partial charge on any atom is -0.454 e. The monoisotopic (exact) mass is 425 g/mol. The minimum atomic E-state index is -0.0254. The van der Waals surface area contributed by atoms with Crippen LogP contribution in [0, 0.1) is 6.92 Å². The summed E-state index contributed by atoms with van der Waals surface area (Å²) in [6.07, 6.45) is 4.79. The van der Waals surface area contributed by atoms with Gasteiger partial charge in [0.2, 0.25) is 6.79 Å². The van der Waals surface area contributed by atoms with Crippen LogP contribution in [0.1, 0.15) is 70.5 Å². The van der Waals surface area contributed by atoms with Gasteiger partial charge in [-0.3, -0.25) is 9.59 Å². The third kappa shape index (κ3) is 3.86. The molecule has 2 amide bonds. The first-order valence-corrected chi connectivity index (χ1v) is 11.1. The van der Waals surface area contributed by atoms with E-state index in [2.05, 4.69) is 4.98 Å². The Kier molecular flexibility index (Phi) is 5.29. The molecule has 0 saturated carbocycles. The summed E-state index contributed by atoms with van der Waals surface area (Å²) in [5, 5.41) is 0. The van der Waals surface area contributed by atoms with Crippen molar-refractivity contribution in [2.75, 3.05) is 33.0 Å². The molecule has 0 spiro atoms. The molecule has 4 heterocycles. The van der Waals surface area contributed by atoms with Crippen LogP contribution in [-0.4, -0.2) is 59.6 Å². The van der Waals surface area contributed by atoms with Crippen molar-refractivity contribution in [1.29, 1.82) is 0 Å². The summed E-state index contributed by atoms with van der Waals surface area (Å²) >= 11 is 0. The maximum Gasteiger partial charge on any atom is 0.276 e. The summed E-state index contributed by atoms with van der Waals surface area (Å²) in [6.45, 7) is 4.83. The highest BCUT2D eigenvalue weighted by Gasteiger charge is 2.31. The fraction of sp³-hybridized carbons (Fsp3) is 0.522. The van der Waals surface area contributed by atoms with E-state index in [1.54, 1.807) is 18.2 Å². The first kappa shape index (κ1) is 19.9. The van der Waals surface area contributed by atoms with Gasteiger partial charge in [0.05, 0.1) is 0 Å². The lowest BCUT2D eigenvalue weighted by Crippen LogP contribution is -2.38. The van der Waals surface area contributed by atoms with E-state index in [9.17, 15) is 9.59 Å². The summed E-state index contributed by atoms with van der Waals surface area (Å²) in [7, 11) is 0. The molecule has 0 atom stereocenters. The number of likely N-dealkylation sites (tertiary alicyclic amines) is 2. The molecule has 0 aliphatic carbocycles. The second kappa shape index (κ2) is 8.24. The number of hydrogen-bond acceptors (Lipinski definition) is 6. The molecule has 8 nitrogen and oxygen atoms in total. The molecule has 0 unspecified atom stereocenters. The van der Waals surface area contributed by atoms with Gasteiger partial charge in [0, 0.05) is 37.7 Å². The average molecular weight is 425 g/mol. The van der Waals surface area contributed by atoms with Crippen molar-refractivity contribution in [2.24, 2.45) is 0 Å². The lowest BCUT2D eigenvalue weighted by atomic mass is 9.96. The highest BCUT2D eigenvalue weighted by Crippen LogP contribution is 2.34. The van der Waals surface area contributed by atoms with E-state index < -0.39 is 0 Å². The van der Waals surface area contributed by atoms with Crippen LogP contribution in [0.4, 0.5) is 0 Å². The van der Waals surface area contributed by atoms with E-state index in [4.69, 9.17) is 13.9 Å². The van der Waals surface area contributed by atoms with E-state index >= 15 is 0 Å². The van der Waals surface area contributed by atoms with Crippen molar-refractivity contribution in [3.05, 3.63) is 41.1 Å². The van der Waals surface area contributed by atoms with Gasteiger partial charge in [-0.05, 0) is 57.2 Å². The molecule has 0 radical (unpaired) electrons. The van der Waals surface area contributed by atoms with E-state index in [1.807, 2.05) is 16.7 Å². The Balaban J connectivity index is 1.22. The normalized spacial score (nSPS) is 19.0. The largest absolute Gasteiger partial charge is 0.454 e. The van der Waals surface area contributed by atoms with Crippen LogP contribution in [0.5, 0.6) is 11.5 Å². The molecule has 3 aliphatic heterocycles. The quantitative estimate of drug-likeness (QED) is 0.750. The number of piperidine rings is 2. The first-order valence-electron chi connectivity index (χ1n) is 11.1. The third-order valence-electron chi connectivity index (χ3n) is 6.41. The van der Waals surface area contributed by atoms with Gasteiger partial charge in [-0.25, -0.2) is 4.98 Å². The number of carbonyl (C=O) groups excluding carboxylic acids is 2. The van der Waals surface area contributed by atoms with Crippen molar-refractivity contribution >= 4 is 11.8 Å². The number of benzene rings is 1. The van der Waals surface area contributed by atoms with E-state index in [0.717, 1.165) is 38.8 Å². The van der Waals surface area contributed by atoms with Crippen molar-refractivity contribution < 1.29 is 23.5 Å². The van der Waals surface area contributed by atoms with Crippen LogP contribution in [0.2, 0.25) is 0 Å². The Morgan fingerprint density at radius 1 is 0.935 bits per heavy atom. The van der Waals surface area contributed by atoms with Crippen LogP contribution in [0.15, 0.2) is 22.6 Å². The fourth-order valence-electron chi connectivity index (χ4n) is 4.58. The third-order valence-corrected chi connectivity index (χ3v) is 6.41. The van der Waals surface area contributed by atoms with Gasteiger partial charge in [0.15, 0.2) is 23.1 Å². The van der Waals surface area contributed by atoms with Gasteiger partial charge in [-0.15, -0.1) is 0 Å². The van der Waals surface area contributed by atoms with Gasteiger partial charge >= 0.3 is 0 Å². The Bertz CT molecular complexity index is 987. The molecule has 0 N–H and O–H groups in total. The zero-order valence-corrected chi connectivity index (χ0v) is 17.8. The number of amides is 2. The second-order valence-corrected chi connectivity index (χ2v) is 8.44. The number of aromatic nitrogens is 1. The minimum absolute atomic E-state index is 0.0127. The van der Waals surface area contributed by atoms with Crippen LogP contribution < -0.4 is 9.47 Å². The van der Waals surface area contributed by atoms with E-state index in [1.165, 1.54) is 6.42 Å². The second-order valence-electron chi connectivity index (χ2n) is 8.44. The zero-order valence-electron chi connectivity index (χ0n) is 17.8. The molecule has 1 aromatic carbocycles. The standard InChI is InChI=1S/C23H27N3O5/c1-15-20(23(28)25-9-3-2-4-10-25)24-21(31-15)16-7-11-26(12-8-16)22(27)17-5-6-18-19(13-17)30-14-29-18/h5-6,13,16H,2-4,7-12,14H2,1H3. The van der Waals surface area contributed by atoms with Crippen LogP contribution in [-0.2, 0) is 0 Å². The molecule has 3 aliphatic rings. The summed E-state index contributed by atoms with van der Waals surface area (Å²) in [4.78, 5) is 34.0. The highest BCUT2D eigenvalue weighted by molar-refractivity contribution is 5.95. The summed E-state index contributed by atoms with van der Waals surface area (Å²) in [5.41, 5.74) is 1.04. The number of ether oxygens (including phenoxy) is 2. The zero-order chi connectivity index (χ0) is 21.4. The molecule has 2 saturated heterocycles. The molecule has 31 heavy (non-hydrogen) atoms. The SMILES string of the molecule is Cc1oc(C2CCN(C(=O)c3ccc4c(c3)OCO4)CC2)nc1C(=O)N1CCCCC1. The number of oxazole rings is 1. The molecule has 2 fully saturated rings. The van der Waals surface area contributed by atoms with Crippen LogP contribution >= 0.6 is 0 Å². The number of hydrogen-bond donors (Lipinski definition) is 0. The Hall–Kier alpha value is -3.03. The summed E-state index contributed by atoms with van der Waals surface area (Å²) < 4.78 is 16.6. The van der Waals surface area contributed by atoms with Crippen molar-refractivity contribution in [3.8, 4) is 11.5 Å². The number of rotatable bonds is 3. The summed E-state index contributed by atoms with van der Waals surface area (Å²) in [6, 6.07) is 5.29. The molecule has 164 valence electrons. The molecule has 2 aromatic rings. The van der Waals surface area contributed by atoms with Gasteiger partial charge in [0.25, 0.3) is 11.8 Å². The van der Waals surface area contributed by atoms with E-state index in [-0.39, 0.29) is 24.5 Å². The first-order chi connectivity index (χ1) is 15.1. The van der Waals surface area contributed by atoms with Crippen molar-refractivity contribution in [3.63, 3.8) is 0 Å². The number of aryl methyl sites for hydroxylation is 1. The molecule has 5 rings (SSSR count). The number of fused-ring (bicyclic) bond motifs is 1. The van der Waals surface area contributed by atoms with Crippen LogP contribution in [0.25, 0.3) is 0 Å². The van der Waals surface area contributed by atoms with Gasteiger partial charge in [-0.2, -0.15) is 0 Å². The van der Waals surface area contributed by atoms with Gasteiger partial charge in [0.1, 0.15) is 5.76 Å². The van der Waals surface area contributed by atoms with Crippen LogP contribution in [0.3, 0.4) is 0 Å². The molecular weight excluding hydrogens is 398 g/mol. The topological polar surface area (TPSA) is 85.1 Å². The lowest BCUT2D eigenvalue weighted by Gasteiger charge is -2.30. The number of nitrogens with zero attached hydrogens (tertiary/aromatic N) is 3. The predicted octanol–water partition coefficient (Wildman–Crippen LogP) is 3.36. The highest BCUT2D eigenvalue weighted by atomic mass is 16.7. The molecular formula is C23H27N3O5. The predicted molar refractivity (Wildman–Crippen MR) is 111 cm³/mol. The van der Waals surface area contributed by atoms with Crippen molar-refractivity contribution in [2.45, 2.75) is 44.9 Å². The maximum atomic E-state index is 12.9. The Morgan fingerprint density at radius 3 is 2.42 bits per heavy atom. The molecule has 1 aromatic heterocycles. The van der Waals surface area contributed by atoms with Gasteiger partial charge in [-0.1, -0.05) is 0 Å². The molecule has 8 heteroatoms. The maximum absolute atomic E-state index is 12.9. The average Bonchev–Trinajstić information content (AvgIpc) is 3.44. The Morgan fingerprint density at radius 2 is 1.65 bits per heavy atom. The Labute approximate surface area is 181 Å². The lowest BCUT2D eigenvalue weighted by molar-refractivity contribution is 0.0703. The van der Waals surface area contributed by atoms with Crippen molar-refractivity contribution in [1.82, 2.24) is 14.8 Å². The number of carbonyl (C=O) groups is 2.